The van der Waals surface area contributed by atoms with Crippen LogP contribution in [0.4, 0.5) is 0 Å². The first-order valence-electron chi connectivity index (χ1n) is 9.48. The van der Waals surface area contributed by atoms with Crippen LogP contribution in [0.3, 0.4) is 0 Å². The summed E-state index contributed by atoms with van der Waals surface area (Å²) in [4.78, 5) is 26.8. The van der Waals surface area contributed by atoms with Crippen LogP contribution in [0, 0.1) is 5.92 Å². The van der Waals surface area contributed by atoms with Crippen LogP contribution in [0.2, 0.25) is 0 Å². The summed E-state index contributed by atoms with van der Waals surface area (Å²) in [6.45, 7) is 0.298. The highest BCUT2D eigenvalue weighted by molar-refractivity contribution is 7.89. The van der Waals surface area contributed by atoms with Gasteiger partial charge in [0.2, 0.25) is 10.0 Å². The maximum atomic E-state index is 12.7. The molecule has 1 amide bonds. The van der Waals surface area contributed by atoms with Crippen LogP contribution in [0.15, 0.2) is 23.1 Å². The number of sulfonamides is 1. The molecule has 0 bridgehead atoms. The zero-order valence-electron chi connectivity index (χ0n) is 15.9. The fourth-order valence-electron chi connectivity index (χ4n) is 4.25. The third-order valence-electron chi connectivity index (χ3n) is 5.61. The number of likely N-dealkylation sites (tertiary alicyclic amines) is 1. The Bertz CT molecular complexity index is 852. The molecule has 1 saturated carbocycles. The fraction of sp³-hybridized carbons (Fsp3) is 0.579. The van der Waals surface area contributed by atoms with Gasteiger partial charge < -0.3 is 14.4 Å². The molecular formula is C19H26N2O6S. The van der Waals surface area contributed by atoms with Crippen molar-refractivity contribution in [3.8, 4) is 5.75 Å². The number of nitrogens with zero attached hydrogens (tertiary/aromatic N) is 1. The number of hydrogen-bond acceptors (Lipinski definition) is 6. The van der Waals surface area contributed by atoms with E-state index in [-0.39, 0.29) is 34.8 Å². The SMILES string of the molecule is COc1ccc(S(N)(=O)=O)cc1C(=O)OCC(=O)N1CCC[C@H]2CCCC[C@@H]21. The van der Waals surface area contributed by atoms with Crippen molar-refractivity contribution in [1.29, 1.82) is 0 Å². The molecule has 0 aromatic heterocycles. The van der Waals surface area contributed by atoms with Gasteiger partial charge in [0.1, 0.15) is 11.3 Å². The second-order valence-corrected chi connectivity index (χ2v) is 8.89. The summed E-state index contributed by atoms with van der Waals surface area (Å²) < 4.78 is 33.4. The molecule has 1 aliphatic carbocycles. The third-order valence-corrected chi connectivity index (χ3v) is 6.52. The second-order valence-electron chi connectivity index (χ2n) is 7.32. The number of ether oxygens (including phenoxy) is 2. The first-order valence-corrected chi connectivity index (χ1v) is 11.0. The highest BCUT2D eigenvalue weighted by Gasteiger charge is 2.36. The van der Waals surface area contributed by atoms with E-state index >= 15 is 0 Å². The molecule has 2 atom stereocenters. The zero-order valence-corrected chi connectivity index (χ0v) is 16.7. The van der Waals surface area contributed by atoms with E-state index in [2.05, 4.69) is 0 Å². The van der Waals surface area contributed by atoms with Crippen molar-refractivity contribution in [2.45, 2.75) is 49.5 Å². The fourth-order valence-corrected chi connectivity index (χ4v) is 4.79. The summed E-state index contributed by atoms with van der Waals surface area (Å²) >= 11 is 0. The lowest BCUT2D eigenvalue weighted by Crippen LogP contribution is -2.50. The smallest absolute Gasteiger partial charge is 0.342 e. The summed E-state index contributed by atoms with van der Waals surface area (Å²) in [7, 11) is -2.63. The van der Waals surface area contributed by atoms with Crippen molar-refractivity contribution < 1.29 is 27.5 Å². The maximum Gasteiger partial charge on any atom is 0.342 e. The van der Waals surface area contributed by atoms with Crippen molar-refractivity contribution in [3.05, 3.63) is 23.8 Å². The van der Waals surface area contributed by atoms with Gasteiger partial charge in [-0.1, -0.05) is 12.8 Å². The van der Waals surface area contributed by atoms with E-state index in [9.17, 15) is 18.0 Å². The van der Waals surface area contributed by atoms with E-state index in [1.54, 1.807) is 0 Å². The van der Waals surface area contributed by atoms with Crippen LogP contribution >= 0.6 is 0 Å². The lowest BCUT2D eigenvalue weighted by molar-refractivity contribution is -0.140. The summed E-state index contributed by atoms with van der Waals surface area (Å²) in [6.07, 6.45) is 6.57. The zero-order chi connectivity index (χ0) is 20.3. The number of nitrogens with two attached hydrogens (primary N) is 1. The van der Waals surface area contributed by atoms with Crippen LogP contribution < -0.4 is 9.88 Å². The molecule has 28 heavy (non-hydrogen) atoms. The monoisotopic (exact) mass is 410 g/mol. The van der Waals surface area contributed by atoms with Gasteiger partial charge in [0.15, 0.2) is 6.61 Å². The number of carbonyl (C=O) groups excluding carboxylic acids is 2. The molecule has 1 aromatic carbocycles. The molecule has 2 fully saturated rings. The van der Waals surface area contributed by atoms with E-state index in [0.29, 0.717) is 12.5 Å². The van der Waals surface area contributed by atoms with Gasteiger partial charge in [-0.3, -0.25) is 4.79 Å². The molecule has 9 heteroatoms. The molecular weight excluding hydrogens is 384 g/mol. The summed E-state index contributed by atoms with van der Waals surface area (Å²) in [5, 5.41) is 5.12. The molecule has 0 unspecified atom stereocenters. The van der Waals surface area contributed by atoms with Crippen molar-refractivity contribution >= 4 is 21.9 Å². The van der Waals surface area contributed by atoms with Gasteiger partial charge in [0, 0.05) is 12.6 Å². The van der Waals surface area contributed by atoms with E-state index in [1.807, 2.05) is 4.90 Å². The maximum absolute atomic E-state index is 12.7. The number of carbonyl (C=O) groups is 2. The highest BCUT2D eigenvalue weighted by atomic mass is 32.2. The van der Waals surface area contributed by atoms with Crippen LogP contribution in [0.5, 0.6) is 5.75 Å². The Morgan fingerprint density at radius 3 is 2.61 bits per heavy atom. The molecule has 3 rings (SSSR count). The third kappa shape index (κ3) is 4.47. The Balaban J connectivity index is 1.69. The van der Waals surface area contributed by atoms with E-state index in [0.717, 1.165) is 38.2 Å². The van der Waals surface area contributed by atoms with Gasteiger partial charge in [-0.25, -0.2) is 18.4 Å². The number of benzene rings is 1. The number of rotatable bonds is 5. The summed E-state index contributed by atoms with van der Waals surface area (Å²) in [5.74, 6) is -0.358. The van der Waals surface area contributed by atoms with Crippen molar-refractivity contribution in [2.24, 2.45) is 11.1 Å². The molecule has 0 radical (unpaired) electrons. The summed E-state index contributed by atoms with van der Waals surface area (Å²) in [6, 6.07) is 3.90. The lowest BCUT2D eigenvalue weighted by atomic mass is 9.78. The van der Waals surface area contributed by atoms with Gasteiger partial charge in [-0.2, -0.15) is 0 Å². The van der Waals surface area contributed by atoms with Crippen molar-refractivity contribution in [3.63, 3.8) is 0 Å². The van der Waals surface area contributed by atoms with E-state index < -0.39 is 16.0 Å². The Hall–Kier alpha value is -2.13. The van der Waals surface area contributed by atoms with Crippen LogP contribution in [-0.2, 0) is 19.6 Å². The number of piperidine rings is 1. The van der Waals surface area contributed by atoms with Crippen molar-refractivity contribution in [1.82, 2.24) is 4.90 Å². The van der Waals surface area contributed by atoms with Gasteiger partial charge in [-0.05, 0) is 49.8 Å². The molecule has 0 spiro atoms. The average Bonchev–Trinajstić information content (AvgIpc) is 2.70. The normalized spacial score (nSPS) is 22.3. The topological polar surface area (TPSA) is 116 Å². The summed E-state index contributed by atoms with van der Waals surface area (Å²) in [5.41, 5.74) is -0.0870. The standard InChI is InChI=1S/C19H26N2O6S/c1-26-17-9-8-14(28(20,24)25)11-15(17)19(23)27-12-18(22)21-10-4-6-13-5-2-3-7-16(13)21/h8-9,11,13,16H,2-7,10,12H2,1H3,(H2,20,24,25)/t13-,16+/m1/s1. The molecule has 154 valence electrons. The first-order chi connectivity index (χ1) is 13.3. The van der Waals surface area contributed by atoms with Gasteiger partial charge >= 0.3 is 5.97 Å². The minimum absolute atomic E-state index is 0.0870. The van der Waals surface area contributed by atoms with Gasteiger partial charge in [0.25, 0.3) is 5.91 Å². The van der Waals surface area contributed by atoms with Crippen molar-refractivity contribution in [2.75, 3.05) is 20.3 Å². The second kappa shape index (κ2) is 8.48. The molecule has 2 aliphatic rings. The average molecular weight is 410 g/mol. The number of amides is 1. The number of methoxy groups -OCH3 is 1. The quantitative estimate of drug-likeness (QED) is 0.739. The van der Waals surface area contributed by atoms with E-state index in [4.69, 9.17) is 14.6 Å². The highest BCUT2D eigenvalue weighted by Crippen LogP contribution is 2.35. The molecule has 1 heterocycles. The van der Waals surface area contributed by atoms with Crippen LogP contribution in [0.1, 0.15) is 48.9 Å². The van der Waals surface area contributed by atoms with Crippen LogP contribution in [0.25, 0.3) is 0 Å². The minimum atomic E-state index is -3.98. The Morgan fingerprint density at radius 1 is 1.18 bits per heavy atom. The molecule has 1 aromatic rings. The largest absolute Gasteiger partial charge is 0.496 e. The minimum Gasteiger partial charge on any atom is -0.496 e. The molecule has 1 saturated heterocycles. The predicted octanol–water partition coefficient (Wildman–Crippen LogP) is 1.68. The van der Waals surface area contributed by atoms with Gasteiger partial charge in [-0.15, -0.1) is 0 Å². The van der Waals surface area contributed by atoms with Crippen LogP contribution in [-0.4, -0.2) is 51.5 Å². The number of primary sulfonamides is 1. The predicted molar refractivity (Wildman–Crippen MR) is 101 cm³/mol. The number of esters is 1. The Kier molecular flexibility index (Phi) is 6.24. The first kappa shape index (κ1) is 20.6. The number of fused-ring (bicyclic) bond motifs is 1. The molecule has 1 aliphatic heterocycles. The Morgan fingerprint density at radius 2 is 1.89 bits per heavy atom. The molecule has 2 N–H and O–H groups in total. The Labute approximate surface area is 165 Å². The van der Waals surface area contributed by atoms with E-state index in [1.165, 1.54) is 25.7 Å². The number of hydrogen-bond donors (Lipinski definition) is 1. The van der Waals surface area contributed by atoms with Gasteiger partial charge in [0.05, 0.1) is 12.0 Å². The lowest BCUT2D eigenvalue weighted by Gasteiger charge is -2.44. The molecule has 8 nitrogen and oxygen atoms in total.